The van der Waals surface area contributed by atoms with E-state index in [9.17, 15) is 0 Å². The normalized spacial score (nSPS) is 31.4. The van der Waals surface area contributed by atoms with E-state index in [1.54, 1.807) is 0 Å². The maximum absolute atomic E-state index is 4.44. The van der Waals surface area contributed by atoms with Gasteiger partial charge in [0.2, 0.25) is 0 Å². The summed E-state index contributed by atoms with van der Waals surface area (Å²) in [5, 5.41) is 4.44. The summed E-state index contributed by atoms with van der Waals surface area (Å²) in [7, 11) is 2.00. The van der Waals surface area contributed by atoms with E-state index < -0.39 is 0 Å². The molecule has 2 aliphatic carbocycles. The average Bonchev–Trinajstić information content (AvgIpc) is 2.53. The summed E-state index contributed by atoms with van der Waals surface area (Å²) >= 11 is 0. The van der Waals surface area contributed by atoms with Crippen LogP contribution in [0, 0.1) is 0 Å². The van der Waals surface area contributed by atoms with E-state index in [1.165, 1.54) is 17.7 Å². The molecule has 2 heteroatoms. The van der Waals surface area contributed by atoms with Crippen molar-refractivity contribution in [2.45, 2.75) is 18.3 Å². The predicted molar refractivity (Wildman–Crippen MR) is 42.4 cm³/mol. The van der Waals surface area contributed by atoms with Crippen molar-refractivity contribution in [3.63, 3.8) is 0 Å². The van der Waals surface area contributed by atoms with Gasteiger partial charge >= 0.3 is 0 Å². The molecule has 1 aromatic rings. The maximum Gasteiger partial charge on any atom is 0.0731 e. The lowest BCUT2D eigenvalue weighted by atomic mass is 10.1. The van der Waals surface area contributed by atoms with Gasteiger partial charge in [0, 0.05) is 30.6 Å². The van der Waals surface area contributed by atoms with Crippen molar-refractivity contribution in [1.29, 1.82) is 0 Å². The van der Waals surface area contributed by atoms with Crippen molar-refractivity contribution in [3.8, 4) is 0 Å². The number of aryl methyl sites for hydroxylation is 1. The Bertz CT molecular complexity index is 306. The number of allylic oxidation sites excluding steroid dienone is 2. The van der Waals surface area contributed by atoms with Crippen LogP contribution in [-0.2, 0) is 7.05 Å². The summed E-state index contributed by atoms with van der Waals surface area (Å²) in [6.45, 7) is 0. The van der Waals surface area contributed by atoms with Gasteiger partial charge in [-0.3, -0.25) is 4.68 Å². The molecule has 1 heterocycles. The van der Waals surface area contributed by atoms with Crippen LogP contribution in [0.4, 0.5) is 0 Å². The standard InChI is InChI=1S/C9H10N2/c1-11-5-8-6-2-3-7(4-6)9(8)10-11/h2-3,5-7H,4H2,1H3. The maximum atomic E-state index is 4.44. The van der Waals surface area contributed by atoms with Gasteiger partial charge in [-0.15, -0.1) is 0 Å². The van der Waals surface area contributed by atoms with E-state index in [0.29, 0.717) is 11.8 Å². The van der Waals surface area contributed by atoms with Crippen molar-refractivity contribution >= 4 is 0 Å². The second-order valence-corrected chi connectivity index (χ2v) is 3.48. The van der Waals surface area contributed by atoms with E-state index in [0.717, 1.165) is 0 Å². The smallest absolute Gasteiger partial charge is 0.0731 e. The molecular formula is C9H10N2. The number of aromatic nitrogens is 2. The summed E-state index contributed by atoms with van der Waals surface area (Å²) in [6.07, 6.45) is 8.04. The van der Waals surface area contributed by atoms with Gasteiger partial charge in [0.05, 0.1) is 5.69 Å². The lowest BCUT2D eigenvalue weighted by Gasteiger charge is -1.99. The largest absolute Gasteiger partial charge is 0.275 e. The monoisotopic (exact) mass is 146 g/mol. The fourth-order valence-corrected chi connectivity index (χ4v) is 2.23. The zero-order valence-corrected chi connectivity index (χ0v) is 6.49. The minimum atomic E-state index is 0.635. The topological polar surface area (TPSA) is 17.8 Å². The molecule has 0 N–H and O–H groups in total. The molecule has 0 saturated carbocycles. The highest BCUT2D eigenvalue weighted by atomic mass is 15.3. The third-order valence-corrected chi connectivity index (χ3v) is 2.72. The van der Waals surface area contributed by atoms with Crippen molar-refractivity contribution in [3.05, 3.63) is 29.6 Å². The van der Waals surface area contributed by atoms with E-state index in [-0.39, 0.29) is 0 Å². The Morgan fingerprint density at radius 3 is 3.09 bits per heavy atom. The van der Waals surface area contributed by atoms with E-state index in [4.69, 9.17) is 0 Å². The van der Waals surface area contributed by atoms with Gasteiger partial charge in [-0.2, -0.15) is 5.10 Å². The zero-order chi connectivity index (χ0) is 7.42. The number of rotatable bonds is 0. The molecule has 0 amide bonds. The molecule has 2 nitrogen and oxygen atoms in total. The minimum Gasteiger partial charge on any atom is -0.275 e. The summed E-state index contributed by atoms with van der Waals surface area (Å²) in [6, 6.07) is 0. The summed E-state index contributed by atoms with van der Waals surface area (Å²) in [4.78, 5) is 0. The van der Waals surface area contributed by atoms with Crippen molar-refractivity contribution in [2.75, 3.05) is 0 Å². The Kier molecular flexibility index (Phi) is 0.799. The number of fused-ring (bicyclic) bond motifs is 5. The van der Waals surface area contributed by atoms with Crippen LogP contribution in [0.25, 0.3) is 0 Å². The first-order chi connectivity index (χ1) is 5.34. The molecule has 0 saturated heterocycles. The average molecular weight is 146 g/mol. The SMILES string of the molecule is Cn1cc2c(n1)C1C=CC2C1. The molecule has 0 aliphatic heterocycles. The predicted octanol–water partition coefficient (Wildman–Crippen LogP) is 1.56. The lowest BCUT2D eigenvalue weighted by molar-refractivity contribution is 0.699. The fraction of sp³-hybridized carbons (Fsp3) is 0.444. The zero-order valence-electron chi connectivity index (χ0n) is 6.49. The van der Waals surface area contributed by atoms with Crippen LogP contribution in [-0.4, -0.2) is 9.78 Å². The third kappa shape index (κ3) is 0.553. The van der Waals surface area contributed by atoms with Crippen LogP contribution in [0.1, 0.15) is 29.5 Å². The molecule has 2 aliphatic rings. The number of nitrogens with zero attached hydrogens (tertiary/aromatic N) is 2. The molecule has 1 aromatic heterocycles. The van der Waals surface area contributed by atoms with Gasteiger partial charge in [-0.25, -0.2) is 0 Å². The summed E-state index contributed by atoms with van der Waals surface area (Å²) in [5.74, 6) is 1.32. The van der Waals surface area contributed by atoms with Gasteiger partial charge in [-0.05, 0) is 6.42 Å². The van der Waals surface area contributed by atoms with Crippen LogP contribution in [0.15, 0.2) is 18.3 Å². The van der Waals surface area contributed by atoms with E-state index in [2.05, 4.69) is 23.4 Å². The molecular weight excluding hydrogens is 136 g/mol. The molecule has 0 aromatic carbocycles. The van der Waals surface area contributed by atoms with Gasteiger partial charge in [0.1, 0.15) is 0 Å². The Morgan fingerprint density at radius 1 is 1.45 bits per heavy atom. The molecule has 0 spiro atoms. The Hall–Kier alpha value is -1.05. The molecule has 0 radical (unpaired) electrons. The van der Waals surface area contributed by atoms with Gasteiger partial charge in [-0.1, -0.05) is 12.2 Å². The molecule has 0 fully saturated rings. The lowest BCUT2D eigenvalue weighted by Crippen LogP contribution is -1.93. The quantitative estimate of drug-likeness (QED) is 0.508. The van der Waals surface area contributed by atoms with Gasteiger partial charge in [0.15, 0.2) is 0 Å². The van der Waals surface area contributed by atoms with Crippen LogP contribution in [0.5, 0.6) is 0 Å². The van der Waals surface area contributed by atoms with Gasteiger partial charge in [0.25, 0.3) is 0 Å². The highest BCUT2D eigenvalue weighted by Crippen LogP contribution is 2.47. The van der Waals surface area contributed by atoms with Gasteiger partial charge < -0.3 is 0 Å². The molecule has 11 heavy (non-hydrogen) atoms. The van der Waals surface area contributed by atoms with Crippen LogP contribution < -0.4 is 0 Å². The fourth-order valence-electron chi connectivity index (χ4n) is 2.23. The van der Waals surface area contributed by atoms with Crippen molar-refractivity contribution in [1.82, 2.24) is 9.78 Å². The molecule has 2 atom stereocenters. The molecule has 2 bridgehead atoms. The Labute approximate surface area is 65.5 Å². The third-order valence-electron chi connectivity index (χ3n) is 2.72. The van der Waals surface area contributed by atoms with E-state index >= 15 is 0 Å². The second kappa shape index (κ2) is 1.58. The van der Waals surface area contributed by atoms with E-state index in [1.807, 2.05) is 11.7 Å². The van der Waals surface area contributed by atoms with Crippen LogP contribution >= 0.6 is 0 Å². The van der Waals surface area contributed by atoms with Crippen LogP contribution in [0.3, 0.4) is 0 Å². The minimum absolute atomic E-state index is 0.635. The number of hydrogen-bond acceptors (Lipinski definition) is 1. The van der Waals surface area contributed by atoms with Crippen molar-refractivity contribution < 1.29 is 0 Å². The first-order valence-electron chi connectivity index (χ1n) is 4.06. The summed E-state index contributed by atoms with van der Waals surface area (Å²) < 4.78 is 1.93. The molecule has 3 rings (SSSR count). The highest BCUT2D eigenvalue weighted by Gasteiger charge is 2.34. The number of hydrogen-bond donors (Lipinski definition) is 0. The first kappa shape index (κ1) is 5.58. The van der Waals surface area contributed by atoms with Crippen LogP contribution in [0.2, 0.25) is 0 Å². The highest BCUT2D eigenvalue weighted by molar-refractivity contribution is 5.42. The molecule has 2 unspecified atom stereocenters. The van der Waals surface area contributed by atoms with Crippen molar-refractivity contribution in [2.24, 2.45) is 7.05 Å². The molecule has 56 valence electrons. The Morgan fingerprint density at radius 2 is 2.27 bits per heavy atom. The second-order valence-electron chi connectivity index (χ2n) is 3.48. The summed E-state index contributed by atoms with van der Waals surface area (Å²) in [5.41, 5.74) is 2.78. The Balaban J connectivity index is 2.25. The first-order valence-corrected chi connectivity index (χ1v) is 4.06.